The summed E-state index contributed by atoms with van der Waals surface area (Å²) in [7, 11) is 1.69. The highest BCUT2D eigenvalue weighted by molar-refractivity contribution is 7.11. The number of nitrogens with zero attached hydrogens (tertiary/aromatic N) is 2. The van der Waals surface area contributed by atoms with Gasteiger partial charge in [0.05, 0.1) is 11.6 Å². The lowest BCUT2D eigenvalue weighted by Crippen LogP contribution is -2.43. The van der Waals surface area contributed by atoms with Crippen molar-refractivity contribution >= 4 is 23.2 Å². The number of hydrogen-bond donors (Lipinski definition) is 3. The number of carbonyl (C=O) groups excluding carboxylic acids is 1. The Labute approximate surface area is 130 Å². The van der Waals surface area contributed by atoms with E-state index in [2.05, 4.69) is 32.9 Å². The minimum atomic E-state index is -0.0210. The summed E-state index contributed by atoms with van der Waals surface area (Å²) in [6.45, 7) is 5.84. The molecule has 0 aliphatic carbocycles. The molecule has 0 fully saturated rings. The van der Waals surface area contributed by atoms with Crippen LogP contribution in [0.3, 0.4) is 0 Å². The van der Waals surface area contributed by atoms with Crippen molar-refractivity contribution in [2.24, 2.45) is 4.99 Å². The second-order valence-corrected chi connectivity index (χ2v) is 5.73. The van der Waals surface area contributed by atoms with Crippen molar-refractivity contribution in [3.05, 3.63) is 16.1 Å². The Morgan fingerprint density at radius 3 is 2.71 bits per heavy atom. The van der Waals surface area contributed by atoms with Crippen molar-refractivity contribution in [2.45, 2.75) is 33.1 Å². The largest absolute Gasteiger partial charge is 0.356 e. The maximum absolute atomic E-state index is 11.5. The lowest BCUT2D eigenvalue weighted by Gasteiger charge is -2.11. The number of nitrogens with one attached hydrogen (secondary N) is 3. The highest BCUT2D eigenvalue weighted by Crippen LogP contribution is 2.13. The van der Waals surface area contributed by atoms with Gasteiger partial charge in [-0.1, -0.05) is 13.8 Å². The number of carbonyl (C=O) groups is 1. The number of amides is 1. The maximum atomic E-state index is 11.5. The SMILES string of the molecule is CCCNC(=O)CNC(=NC)NCCc1ncc(CC)s1. The second-order valence-electron chi connectivity index (χ2n) is 4.53. The van der Waals surface area contributed by atoms with E-state index in [4.69, 9.17) is 0 Å². The highest BCUT2D eigenvalue weighted by Gasteiger charge is 2.04. The Balaban J connectivity index is 2.23. The van der Waals surface area contributed by atoms with Crippen LogP contribution < -0.4 is 16.0 Å². The Hall–Kier alpha value is -1.63. The summed E-state index contributed by atoms with van der Waals surface area (Å²) in [5, 5.41) is 10.1. The van der Waals surface area contributed by atoms with E-state index in [9.17, 15) is 4.79 Å². The van der Waals surface area contributed by atoms with Gasteiger partial charge in [0.2, 0.25) is 5.91 Å². The highest BCUT2D eigenvalue weighted by atomic mass is 32.1. The van der Waals surface area contributed by atoms with Gasteiger partial charge in [-0.3, -0.25) is 9.79 Å². The van der Waals surface area contributed by atoms with Gasteiger partial charge < -0.3 is 16.0 Å². The molecule has 1 rings (SSSR count). The van der Waals surface area contributed by atoms with Crippen LogP contribution in [-0.2, 0) is 17.6 Å². The van der Waals surface area contributed by atoms with Gasteiger partial charge in [-0.25, -0.2) is 4.98 Å². The maximum Gasteiger partial charge on any atom is 0.239 e. The molecule has 0 aliphatic rings. The number of rotatable bonds is 8. The molecule has 0 unspecified atom stereocenters. The van der Waals surface area contributed by atoms with E-state index in [1.807, 2.05) is 13.1 Å². The average Bonchev–Trinajstić information content (AvgIpc) is 2.96. The summed E-state index contributed by atoms with van der Waals surface area (Å²) in [5.74, 6) is 0.612. The number of thiazole rings is 1. The second kappa shape index (κ2) is 10.1. The number of guanidine groups is 1. The number of hydrogen-bond acceptors (Lipinski definition) is 4. The zero-order valence-electron chi connectivity index (χ0n) is 13.0. The average molecular weight is 311 g/mol. The summed E-state index contributed by atoms with van der Waals surface area (Å²) in [5.41, 5.74) is 0. The lowest BCUT2D eigenvalue weighted by molar-refractivity contribution is -0.120. The third kappa shape index (κ3) is 7.08. The van der Waals surface area contributed by atoms with Gasteiger partial charge in [-0.2, -0.15) is 0 Å². The molecule has 1 amide bonds. The number of aliphatic imine (C=N–C) groups is 1. The van der Waals surface area contributed by atoms with Gasteiger partial charge in [0, 0.05) is 37.6 Å². The zero-order valence-corrected chi connectivity index (χ0v) is 13.8. The van der Waals surface area contributed by atoms with Crippen LogP contribution in [0.2, 0.25) is 0 Å². The molecule has 0 bridgehead atoms. The van der Waals surface area contributed by atoms with Crippen molar-refractivity contribution in [3.8, 4) is 0 Å². The third-order valence-corrected chi connectivity index (χ3v) is 3.99. The Bertz CT molecular complexity index is 458. The van der Waals surface area contributed by atoms with Crippen molar-refractivity contribution < 1.29 is 4.79 Å². The van der Waals surface area contributed by atoms with Crippen molar-refractivity contribution in [1.29, 1.82) is 0 Å². The van der Waals surface area contributed by atoms with Crippen LogP contribution >= 0.6 is 11.3 Å². The summed E-state index contributed by atoms with van der Waals surface area (Å²) >= 11 is 1.74. The van der Waals surface area contributed by atoms with Gasteiger partial charge in [-0.15, -0.1) is 11.3 Å². The van der Waals surface area contributed by atoms with Crippen LogP contribution in [0.5, 0.6) is 0 Å². The van der Waals surface area contributed by atoms with E-state index >= 15 is 0 Å². The number of aromatic nitrogens is 1. The molecule has 3 N–H and O–H groups in total. The van der Waals surface area contributed by atoms with Gasteiger partial charge in [0.25, 0.3) is 0 Å². The predicted octanol–water partition coefficient (Wildman–Crippen LogP) is 0.939. The molecular formula is C14H25N5OS. The van der Waals surface area contributed by atoms with E-state index in [1.165, 1.54) is 4.88 Å². The third-order valence-electron chi connectivity index (χ3n) is 2.79. The molecule has 118 valence electrons. The molecule has 0 saturated carbocycles. The molecule has 6 nitrogen and oxygen atoms in total. The summed E-state index contributed by atoms with van der Waals surface area (Å²) < 4.78 is 0. The fourth-order valence-corrected chi connectivity index (χ4v) is 2.49. The normalized spacial score (nSPS) is 11.3. The molecule has 0 atom stereocenters. The van der Waals surface area contributed by atoms with Crippen LogP contribution in [0.25, 0.3) is 0 Å². The van der Waals surface area contributed by atoms with Crippen molar-refractivity contribution in [3.63, 3.8) is 0 Å². The predicted molar refractivity (Wildman–Crippen MR) is 87.9 cm³/mol. The van der Waals surface area contributed by atoms with Gasteiger partial charge >= 0.3 is 0 Å². The first-order chi connectivity index (χ1) is 10.2. The fraction of sp³-hybridized carbons (Fsp3) is 0.643. The van der Waals surface area contributed by atoms with Crippen LogP contribution in [0.4, 0.5) is 0 Å². The minimum absolute atomic E-state index is 0.0210. The lowest BCUT2D eigenvalue weighted by atomic mass is 10.4. The molecule has 1 aromatic heterocycles. The van der Waals surface area contributed by atoms with Crippen LogP contribution in [-0.4, -0.2) is 43.5 Å². The quantitative estimate of drug-likeness (QED) is 0.493. The summed E-state index contributed by atoms with van der Waals surface area (Å²) in [6.07, 6.45) is 4.76. The number of aryl methyl sites for hydroxylation is 1. The molecule has 21 heavy (non-hydrogen) atoms. The van der Waals surface area contributed by atoms with Crippen LogP contribution in [0.1, 0.15) is 30.2 Å². The Kier molecular flexibility index (Phi) is 8.42. The van der Waals surface area contributed by atoms with Crippen molar-refractivity contribution in [1.82, 2.24) is 20.9 Å². The smallest absolute Gasteiger partial charge is 0.239 e. The van der Waals surface area contributed by atoms with E-state index in [-0.39, 0.29) is 12.5 Å². The molecule has 0 spiro atoms. The monoisotopic (exact) mass is 311 g/mol. The first kappa shape index (κ1) is 17.4. The van der Waals surface area contributed by atoms with Crippen LogP contribution in [0, 0.1) is 0 Å². The first-order valence-electron chi connectivity index (χ1n) is 7.34. The molecule has 0 radical (unpaired) electrons. The van der Waals surface area contributed by atoms with E-state index < -0.39 is 0 Å². The molecule has 0 aliphatic heterocycles. The summed E-state index contributed by atoms with van der Waals surface area (Å²) in [4.78, 5) is 21.3. The molecular weight excluding hydrogens is 286 g/mol. The fourth-order valence-electron chi connectivity index (χ4n) is 1.63. The van der Waals surface area contributed by atoms with E-state index in [0.717, 1.165) is 30.8 Å². The van der Waals surface area contributed by atoms with Crippen LogP contribution in [0.15, 0.2) is 11.2 Å². The zero-order chi connectivity index (χ0) is 15.5. The molecule has 0 saturated heterocycles. The van der Waals surface area contributed by atoms with Gasteiger partial charge in [0.15, 0.2) is 5.96 Å². The molecule has 0 aromatic carbocycles. The topological polar surface area (TPSA) is 78.4 Å². The Morgan fingerprint density at radius 2 is 2.10 bits per heavy atom. The molecule has 1 heterocycles. The molecule has 7 heteroatoms. The summed E-state index contributed by atoms with van der Waals surface area (Å²) in [6, 6.07) is 0. The Morgan fingerprint density at radius 1 is 1.29 bits per heavy atom. The van der Waals surface area contributed by atoms with Gasteiger partial charge in [-0.05, 0) is 12.8 Å². The first-order valence-corrected chi connectivity index (χ1v) is 8.16. The van der Waals surface area contributed by atoms with E-state index in [0.29, 0.717) is 12.5 Å². The van der Waals surface area contributed by atoms with E-state index in [1.54, 1.807) is 18.4 Å². The van der Waals surface area contributed by atoms with Crippen molar-refractivity contribution in [2.75, 3.05) is 26.7 Å². The van der Waals surface area contributed by atoms with Gasteiger partial charge in [0.1, 0.15) is 0 Å². The molecule has 1 aromatic rings. The minimum Gasteiger partial charge on any atom is -0.356 e. The standard InChI is InChI=1S/C14H25N5OS/c1-4-7-16-12(20)10-19-14(15-3)17-8-6-13-18-9-11(5-2)21-13/h9H,4-8,10H2,1-3H3,(H,16,20)(H2,15,17,19).